The molecular weight excluding hydrogens is 188 g/mol. The highest BCUT2D eigenvalue weighted by atomic mass is 16.6. The van der Waals surface area contributed by atoms with Crippen LogP contribution in [-0.2, 0) is 4.74 Å². The fraction of sp³-hybridized carbons (Fsp3) is 0.846. The van der Waals surface area contributed by atoms with Crippen molar-refractivity contribution in [2.24, 2.45) is 11.3 Å². The Kier molecular flexibility index (Phi) is 2.47. The molecule has 0 radical (unpaired) electrons. The van der Waals surface area contributed by atoms with Crippen LogP contribution in [0.3, 0.4) is 0 Å². The van der Waals surface area contributed by atoms with Gasteiger partial charge in [-0.05, 0) is 32.1 Å². The molecule has 4 atom stereocenters. The van der Waals surface area contributed by atoms with Crippen molar-refractivity contribution in [1.29, 1.82) is 0 Å². The van der Waals surface area contributed by atoms with Crippen molar-refractivity contribution in [2.45, 2.75) is 58.3 Å². The Morgan fingerprint density at radius 1 is 1.40 bits per heavy atom. The minimum Gasteiger partial charge on any atom is -0.389 e. The maximum absolute atomic E-state index is 9.31. The van der Waals surface area contributed by atoms with E-state index in [0.29, 0.717) is 12.0 Å². The molecule has 1 heterocycles. The van der Waals surface area contributed by atoms with Crippen molar-refractivity contribution < 1.29 is 9.84 Å². The van der Waals surface area contributed by atoms with Gasteiger partial charge in [0.05, 0.1) is 17.8 Å². The van der Waals surface area contributed by atoms with Crippen LogP contribution in [0.1, 0.15) is 40.5 Å². The highest BCUT2D eigenvalue weighted by Crippen LogP contribution is 2.58. The summed E-state index contributed by atoms with van der Waals surface area (Å²) in [6.45, 7) is 8.59. The normalized spacial score (nSPS) is 45.1. The van der Waals surface area contributed by atoms with E-state index >= 15 is 0 Å². The molecule has 0 aromatic rings. The summed E-state index contributed by atoms with van der Waals surface area (Å²) < 4.78 is 5.81. The number of hydrogen-bond acceptors (Lipinski definition) is 2. The number of fused-ring (bicyclic) bond motifs is 1. The first-order chi connectivity index (χ1) is 6.86. The molecule has 0 unspecified atom stereocenters. The van der Waals surface area contributed by atoms with E-state index in [1.54, 1.807) is 6.92 Å². The van der Waals surface area contributed by atoms with Gasteiger partial charge in [-0.3, -0.25) is 0 Å². The Labute approximate surface area is 92.3 Å². The van der Waals surface area contributed by atoms with E-state index in [1.807, 2.05) is 6.08 Å². The first kappa shape index (κ1) is 11.2. The van der Waals surface area contributed by atoms with Gasteiger partial charge in [0.2, 0.25) is 0 Å². The molecule has 1 aliphatic heterocycles. The van der Waals surface area contributed by atoms with E-state index in [1.165, 1.54) is 12.8 Å². The van der Waals surface area contributed by atoms with Crippen LogP contribution in [-0.4, -0.2) is 22.9 Å². The molecule has 1 saturated carbocycles. The van der Waals surface area contributed by atoms with Gasteiger partial charge >= 0.3 is 0 Å². The first-order valence-electron chi connectivity index (χ1n) is 5.90. The smallest absolute Gasteiger partial charge is 0.0987 e. The Balaban J connectivity index is 2.17. The molecule has 2 heteroatoms. The van der Waals surface area contributed by atoms with Gasteiger partial charge < -0.3 is 9.84 Å². The van der Waals surface area contributed by atoms with Gasteiger partial charge in [-0.25, -0.2) is 0 Å². The lowest BCUT2D eigenvalue weighted by Crippen LogP contribution is -2.39. The molecule has 2 nitrogen and oxygen atoms in total. The largest absolute Gasteiger partial charge is 0.389 e. The SMILES string of the molecule is C[C@H](O)C=C[C@H]1C(C)(C)CC[C@H]2O[C@]21C. The maximum atomic E-state index is 9.31. The molecule has 0 aromatic carbocycles. The average molecular weight is 210 g/mol. The lowest BCUT2D eigenvalue weighted by Gasteiger charge is -2.38. The standard InChI is InChI=1S/C13H22O2/c1-9(14)5-6-10-12(2,3)8-7-11-13(10,4)15-11/h5-6,9-11,14H,7-8H2,1-4H3/t9-,10-,11+,13-/m0/s1. The summed E-state index contributed by atoms with van der Waals surface area (Å²) in [5, 5.41) is 9.31. The van der Waals surface area contributed by atoms with Crippen molar-refractivity contribution in [3.05, 3.63) is 12.2 Å². The third-order valence-electron chi connectivity index (χ3n) is 4.07. The van der Waals surface area contributed by atoms with Crippen molar-refractivity contribution in [1.82, 2.24) is 0 Å². The molecule has 15 heavy (non-hydrogen) atoms. The Hall–Kier alpha value is -0.340. The predicted octanol–water partition coefficient (Wildman–Crippen LogP) is 2.52. The summed E-state index contributed by atoms with van der Waals surface area (Å²) in [4.78, 5) is 0. The zero-order valence-electron chi connectivity index (χ0n) is 10.2. The Morgan fingerprint density at radius 3 is 2.67 bits per heavy atom. The Morgan fingerprint density at radius 2 is 2.07 bits per heavy atom. The van der Waals surface area contributed by atoms with Crippen LogP contribution in [0.2, 0.25) is 0 Å². The predicted molar refractivity (Wildman–Crippen MR) is 60.6 cm³/mol. The second-order valence-corrected chi connectivity index (χ2v) is 5.92. The molecule has 0 bridgehead atoms. The van der Waals surface area contributed by atoms with E-state index in [0.717, 1.165) is 0 Å². The summed E-state index contributed by atoms with van der Waals surface area (Å²) in [6, 6.07) is 0. The molecule has 0 amide bonds. The van der Waals surface area contributed by atoms with Gasteiger partial charge in [0.15, 0.2) is 0 Å². The lowest BCUT2D eigenvalue weighted by atomic mass is 9.64. The number of hydrogen-bond donors (Lipinski definition) is 1. The van der Waals surface area contributed by atoms with Crippen molar-refractivity contribution >= 4 is 0 Å². The number of aliphatic hydroxyl groups excluding tert-OH is 1. The van der Waals surface area contributed by atoms with Crippen LogP contribution in [0.15, 0.2) is 12.2 Å². The van der Waals surface area contributed by atoms with Crippen LogP contribution in [0, 0.1) is 11.3 Å². The summed E-state index contributed by atoms with van der Waals surface area (Å²) in [7, 11) is 0. The van der Waals surface area contributed by atoms with E-state index in [2.05, 4.69) is 26.8 Å². The molecule has 1 saturated heterocycles. The van der Waals surface area contributed by atoms with E-state index in [4.69, 9.17) is 4.74 Å². The molecule has 0 spiro atoms. The molecule has 86 valence electrons. The van der Waals surface area contributed by atoms with Gasteiger partial charge in [-0.2, -0.15) is 0 Å². The Bertz CT molecular complexity index is 276. The highest BCUT2D eigenvalue weighted by Gasteiger charge is 2.63. The molecular formula is C13H22O2. The summed E-state index contributed by atoms with van der Waals surface area (Å²) in [5.74, 6) is 0.429. The lowest BCUT2D eigenvalue weighted by molar-refractivity contribution is 0.134. The van der Waals surface area contributed by atoms with Gasteiger partial charge in [-0.15, -0.1) is 0 Å². The number of epoxide rings is 1. The number of rotatable bonds is 2. The molecule has 2 fully saturated rings. The number of ether oxygens (including phenoxy) is 1. The van der Waals surface area contributed by atoms with E-state index < -0.39 is 0 Å². The minimum atomic E-state index is -0.358. The summed E-state index contributed by atoms with van der Waals surface area (Å²) in [6.07, 6.45) is 6.54. The molecule has 1 aliphatic carbocycles. The quantitative estimate of drug-likeness (QED) is 0.561. The van der Waals surface area contributed by atoms with E-state index in [-0.39, 0.29) is 17.1 Å². The molecule has 2 aliphatic rings. The monoisotopic (exact) mass is 210 g/mol. The summed E-state index contributed by atoms with van der Waals surface area (Å²) >= 11 is 0. The third-order valence-corrected chi connectivity index (χ3v) is 4.07. The second kappa shape index (κ2) is 3.33. The first-order valence-corrected chi connectivity index (χ1v) is 5.90. The van der Waals surface area contributed by atoms with Gasteiger partial charge in [0, 0.05) is 5.92 Å². The maximum Gasteiger partial charge on any atom is 0.0987 e. The zero-order chi connectivity index (χ0) is 11.3. The van der Waals surface area contributed by atoms with Crippen LogP contribution in [0.25, 0.3) is 0 Å². The molecule has 0 aromatic heterocycles. The van der Waals surface area contributed by atoms with E-state index in [9.17, 15) is 5.11 Å². The average Bonchev–Trinajstić information content (AvgIpc) is 2.74. The van der Waals surface area contributed by atoms with Crippen molar-refractivity contribution in [2.75, 3.05) is 0 Å². The second-order valence-electron chi connectivity index (χ2n) is 5.92. The van der Waals surface area contributed by atoms with Crippen LogP contribution < -0.4 is 0 Å². The number of aliphatic hydroxyl groups is 1. The fourth-order valence-corrected chi connectivity index (χ4v) is 3.05. The van der Waals surface area contributed by atoms with Crippen molar-refractivity contribution in [3.8, 4) is 0 Å². The fourth-order valence-electron chi connectivity index (χ4n) is 3.05. The third kappa shape index (κ3) is 1.85. The minimum absolute atomic E-state index is 0.0349. The van der Waals surface area contributed by atoms with Gasteiger partial charge in [-0.1, -0.05) is 26.0 Å². The van der Waals surface area contributed by atoms with Crippen LogP contribution in [0.4, 0.5) is 0 Å². The van der Waals surface area contributed by atoms with Crippen LogP contribution >= 0.6 is 0 Å². The highest BCUT2D eigenvalue weighted by molar-refractivity contribution is 5.18. The van der Waals surface area contributed by atoms with Crippen LogP contribution in [0.5, 0.6) is 0 Å². The van der Waals surface area contributed by atoms with Crippen molar-refractivity contribution in [3.63, 3.8) is 0 Å². The molecule has 2 rings (SSSR count). The van der Waals surface area contributed by atoms with Gasteiger partial charge in [0.25, 0.3) is 0 Å². The summed E-state index contributed by atoms with van der Waals surface area (Å²) in [5.41, 5.74) is 0.320. The topological polar surface area (TPSA) is 32.8 Å². The van der Waals surface area contributed by atoms with Gasteiger partial charge in [0.1, 0.15) is 0 Å². The zero-order valence-corrected chi connectivity index (χ0v) is 10.2. The molecule has 1 N–H and O–H groups in total.